The van der Waals surface area contributed by atoms with Crippen molar-refractivity contribution >= 4 is 29.0 Å². The molecule has 0 radical (unpaired) electrons. The highest BCUT2D eigenvalue weighted by molar-refractivity contribution is 5.92. The molecule has 0 unspecified atom stereocenters. The Balaban J connectivity index is 1.95. The second kappa shape index (κ2) is 7.18. The third kappa shape index (κ3) is 3.46. The molecular formula is C17H17N5O4. The molecule has 0 aliphatic rings. The van der Waals surface area contributed by atoms with Gasteiger partial charge in [-0.15, -0.1) is 0 Å². The van der Waals surface area contributed by atoms with Gasteiger partial charge in [-0.1, -0.05) is 0 Å². The lowest BCUT2D eigenvalue weighted by Gasteiger charge is -2.06. The Morgan fingerprint density at radius 3 is 2.81 bits per heavy atom. The molecule has 0 aliphatic carbocycles. The lowest BCUT2D eigenvalue weighted by atomic mass is 10.2. The second-order valence-electron chi connectivity index (χ2n) is 5.35. The summed E-state index contributed by atoms with van der Waals surface area (Å²) in [6.45, 7) is 3.99. The number of pyridine rings is 1. The van der Waals surface area contributed by atoms with Crippen molar-refractivity contribution in [1.29, 1.82) is 0 Å². The molecule has 2 amide bonds. The van der Waals surface area contributed by atoms with Gasteiger partial charge in [0.25, 0.3) is 0 Å². The van der Waals surface area contributed by atoms with E-state index in [1.54, 1.807) is 25.1 Å². The molecule has 26 heavy (non-hydrogen) atoms. The molecule has 3 rings (SSSR count). The number of aryl methyl sites for hydroxylation is 1. The van der Waals surface area contributed by atoms with Crippen LogP contribution in [0.5, 0.6) is 0 Å². The summed E-state index contributed by atoms with van der Waals surface area (Å²) in [7, 11) is 1.30. The number of methoxy groups -OCH3 is 1. The molecule has 9 heteroatoms. The Morgan fingerprint density at radius 1 is 1.27 bits per heavy atom. The van der Waals surface area contributed by atoms with Gasteiger partial charge in [-0.3, -0.25) is 10.3 Å². The molecule has 0 saturated carbocycles. The molecule has 2 N–H and O–H groups in total. The van der Waals surface area contributed by atoms with Gasteiger partial charge in [0.2, 0.25) is 0 Å². The van der Waals surface area contributed by atoms with Crippen LogP contribution in [0.25, 0.3) is 22.6 Å². The molecule has 0 fully saturated rings. The number of carbonyl (C=O) groups excluding carboxylic acids is 2. The minimum Gasteiger partial charge on any atom is -0.465 e. The van der Waals surface area contributed by atoms with Gasteiger partial charge in [-0.25, -0.2) is 19.6 Å². The van der Waals surface area contributed by atoms with Crippen molar-refractivity contribution in [3.63, 3.8) is 0 Å². The summed E-state index contributed by atoms with van der Waals surface area (Å²) < 4.78 is 10.3. The maximum absolute atomic E-state index is 11.7. The predicted molar refractivity (Wildman–Crippen MR) is 93.8 cm³/mol. The molecule has 0 atom stereocenters. The molecule has 3 heterocycles. The number of fused-ring (bicyclic) bond motifs is 1. The molecule has 134 valence electrons. The topological polar surface area (TPSA) is 119 Å². The highest BCUT2D eigenvalue weighted by Crippen LogP contribution is 2.25. The number of rotatable bonds is 4. The largest absolute Gasteiger partial charge is 0.465 e. The monoisotopic (exact) mass is 355 g/mol. The number of hydrogen-bond donors (Lipinski definition) is 2. The summed E-state index contributed by atoms with van der Waals surface area (Å²) in [5.74, 6) is 0.660. The fourth-order valence-corrected chi connectivity index (χ4v) is 2.33. The zero-order valence-corrected chi connectivity index (χ0v) is 14.5. The SMILES string of the molecule is CCNC(=O)Nc1ccc2ncc(-c3cc(C(=O)OC)c(C)o3)nc2n1. The fraction of sp³-hybridized carbons (Fsp3) is 0.235. The third-order valence-corrected chi connectivity index (χ3v) is 3.56. The summed E-state index contributed by atoms with van der Waals surface area (Å²) in [4.78, 5) is 36.3. The van der Waals surface area contributed by atoms with Gasteiger partial charge in [0.15, 0.2) is 11.4 Å². The van der Waals surface area contributed by atoms with Crippen LogP contribution in [0, 0.1) is 6.92 Å². The molecule has 0 saturated heterocycles. The van der Waals surface area contributed by atoms with E-state index in [0.717, 1.165) is 0 Å². The number of urea groups is 1. The summed E-state index contributed by atoms with van der Waals surface area (Å²) in [5, 5.41) is 5.24. The highest BCUT2D eigenvalue weighted by Gasteiger charge is 2.17. The zero-order valence-electron chi connectivity index (χ0n) is 14.5. The van der Waals surface area contributed by atoms with Gasteiger partial charge in [0, 0.05) is 12.6 Å². The molecule has 0 spiro atoms. The number of esters is 1. The van der Waals surface area contributed by atoms with Crippen molar-refractivity contribution in [1.82, 2.24) is 20.3 Å². The third-order valence-electron chi connectivity index (χ3n) is 3.56. The van der Waals surface area contributed by atoms with E-state index < -0.39 is 5.97 Å². The van der Waals surface area contributed by atoms with Crippen molar-refractivity contribution in [3.8, 4) is 11.5 Å². The van der Waals surface area contributed by atoms with E-state index >= 15 is 0 Å². The van der Waals surface area contributed by atoms with E-state index in [1.807, 2.05) is 6.92 Å². The Morgan fingerprint density at radius 2 is 2.08 bits per heavy atom. The van der Waals surface area contributed by atoms with Crippen LogP contribution in [0.15, 0.2) is 28.8 Å². The molecule has 3 aromatic rings. The first-order chi connectivity index (χ1) is 12.5. The molecule has 3 aromatic heterocycles. The van der Waals surface area contributed by atoms with Crippen LogP contribution in [0.2, 0.25) is 0 Å². The zero-order chi connectivity index (χ0) is 18.7. The lowest BCUT2D eigenvalue weighted by Crippen LogP contribution is -2.28. The standard InChI is InChI=1S/C17H17N5O4/c1-4-18-17(24)22-14-6-5-11-15(21-14)20-12(8-19-11)13-7-10(9(2)26-13)16(23)25-3/h5-8H,4H2,1-3H3,(H2,18,20,21,22,24). The highest BCUT2D eigenvalue weighted by atomic mass is 16.5. The van der Waals surface area contributed by atoms with Gasteiger partial charge >= 0.3 is 12.0 Å². The summed E-state index contributed by atoms with van der Waals surface area (Å²) >= 11 is 0. The molecule has 9 nitrogen and oxygen atoms in total. The normalized spacial score (nSPS) is 10.6. The fourth-order valence-electron chi connectivity index (χ4n) is 2.33. The summed E-state index contributed by atoms with van der Waals surface area (Å²) in [6, 6.07) is 4.54. The minimum absolute atomic E-state index is 0.323. The first kappa shape index (κ1) is 17.3. The molecule has 0 bridgehead atoms. The maximum atomic E-state index is 11.7. The van der Waals surface area contributed by atoms with Crippen LogP contribution < -0.4 is 10.6 Å². The first-order valence-corrected chi connectivity index (χ1v) is 7.89. The van der Waals surface area contributed by atoms with Crippen LogP contribution in [0.4, 0.5) is 10.6 Å². The molecular weight excluding hydrogens is 338 g/mol. The lowest BCUT2D eigenvalue weighted by molar-refractivity contribution is 0.0598. The average molecular weight is 355 g/mol. The van der Waals surface area contributed by atoms with Crippen molar-refractivity contribution < 1.29 is 18.7 Å². The minimum atomic E-state index is -0.488. The number of ether oxygens (including phenoxy) is 1. The van der Waals surface area contributed by atoms with Gasteiger partial charge in [0.05, 0.1) is 13.3 Å². The van der Waals surface area contributed by atoms with Crippen LogP contribution in [-0.2, 0) is 4.74 Å². The number of nitrogens with zero attached hydrogens (tertiary/aromatic N) is 3. The predicted octanol–water partition coefficient (Wildman–Crippen LogP) is 2.52. The Bertz CT molecular complexity index is 982. The Hall–Kier alpha value is -3.49. The number of furan rings is 1. The van der Waals surface area contributed by atoms with Crippen LogP contribution in [0.3, 0.4) is 0 Å². The van der Waals surface area contributed by atoms with Gasteiger partial charge in [-0.2, -0.15) is 0 Å². The smallest absolute Gasteiger partial charge is 0.341 e. The van der Waals surface area contributed by atoms with Crippen molar-refractivity contribution in [2.45, 2.75) is 13.8 Å². The summed E-state index contributed by atoms with van der Waals surface area (Å²) in [5.41, 5.74) is 1.64. The summed E-state index contributed by atoms with van der Waals surface area (Å²) in [6.07, 6.45) is 1.53. The van der Waals surface area contributed by atoms with E-state index in [0.29, 0.717) is 46.3 Å². The van der Waals surface area contributed by atoms with Gasteiger partial charge in [0.1, 0.15) is 28.4 Å². The van der Waals surface area contributed by atoms with E-state index in [-0.39, 0.29) is 6.03 Å². The Kier molecular flexibility index (Phi) is 4.78. The van der Waals surface area contributed by atoms with Gasteiger partial charge in [-0.05, 0) is 26.0 Å². The number of hydrogen-bond acceptors (Lipinski definition) is 7. The van der Waals surface area contributed by atoms with E-state index in [4.69, 9.17) is 9.15 Å². The van der Waals surface area contributed by atoms with Crippen molar-refractivity contribution in [2.75, 3.05) is 19.0 Å². The van der Waals surface area contributed by atoms with E-state index in [2.05, 4.69) is 25.6 Å². The number of carbonyl (C=O) groups is 2. The van der Waals surface area contributed by atoms with Crippen LogP contribution in [0.1, 0.15) is 23.0 Å². The number of aromatic nitrogens is 3. The average Bonchev–Trinajstić information content (AvgIpc) is 3.02. The van der Waals surface area contributed by atoms with Crippen molar-refractivity contribution in [2.24, 2.45) is 0 Å². The van der Waals surface area contributed by atoms with Crippen LogP contribution >= 0.6 is 0 Å². The first-order valence-electron chi connectivity index (χ1n) is 7.89. The maximum Gasteiger partial charge on any atom is 0.341 e. The second-order valence-corrected chi connectivity index (χ2v) is 5.35. The number of nitrogens with one attached hydrogen (secondary N) is 2. The van der Waals surface area contributed by atoms with E-state index in [1.165, 1.54) is 13.3 Å². The van der Waals surface area contributed by atoms with Crippen molar-refractivity contribution in [3.05, 3.63) is 35.7 Å². The Labute approximate surface area is 148 Å². The van der Waals surface area contributed by atoms with Crippen LogP contribution in [-0.4, -0.2) is 40.6 Å². The quantitative estimate of drug-likeness (QED) is 0.690. The molecule has 0 aromatic carbocycles. The van der Waals surface area contributed by atoms with E-state index in [9.17, 15) is 9.59 Å². The number of amides is 2. The number of anilines is 1. The van der Waals surface area contributed by atoms with Gasteiger partial charge < -0.3 is 14.5 Å². The molecule has 0 aliphatic heterocycles.